The van der Waals surface area contributed by atoms with Gasteiger partial charge in [0.2, 0.25) is 5.95 Å². The first-order chi connectivity index (χ1) is 12.7. The Bertz CT molecular complexity index is 823. The highest BCUT2D eigenvalue weighted by molar-refractivity contribution is 8.02. The summed E-state index contributed by atoms with van der Waals surface area (Å²) in [5, 5.41) is 5.96. The van der Waals surface area contributed by atoms with Crippen molar-refractivity contribution in [1.82, 2.24) is 14.9 Å². The van der Waals surface area contributed by atoms with Crippen molar-refractivity contribution < 1.29 is 0 Å². The summed E-state index contributed by atoms with van der Waals surface area (Å²) in [4.78, 5) is 11.4. The van der Waals surface area contributed by atoms with Gasteiger partial charge in [0.25, 0.3) is 0 Å². The number of anilines is 1. The average molecular weight is 383 g/mol. The molecule has 0 fully saturated rings. The Kier molecular flexibility index (Phi) is 5.80. The van der Waals surface area contributed by atoms with E-state index in [1.807, 2.05) is 24.0 Å². The summed E-state index contributed by atoms with van der Waals surface area (Å²) >= 11 is 1.91. The quantitative estimate of drug-likeness (QED) is 0.722. The number of nitrogens with one attached hydrogen (secondary N) is 1. The zero-order valence-electron chi connectivity index (χ0n) is 17.2. The highest BCUT2D eigenvalue weighted by atomic mass is 32.2. The lowest BCUT2D eigenvalue weighted by Gasteiger charge is -2.35. The number of aromatic nitrogens is 2. The number of hydrogen-bond donors (Lipinski definition) is 1. The number of aryl methyl sites for hydroxylation is 1. The minimum Gasteiger partial charge on any atom is -0.360 e. The summed E-state index contributed by atoms with van der Waals surface area (Å²) in [6, 6.07) is 8.92. The largest absolute Gasteiger partial charge is 0.360 e. The van der Waals surface area contributed by atoms with Crippen LogP contribution in [0.25, 0.3) is 11.3 Å². The highest BCUT2D eigenvalue weighted by Crippen LogP contribution is 2.39. The molecule has 0 radical (unpaired) electrons. The molecule has 2 heterocycles. The van der Waals surface area contributed by atoms with Gasteiger partial charge in [-0.1, -0.05) is 32.9 Å². The zero-order valence-corrected chi connectivity index (χ0v) is 18.0. The number of nitrogens with zero attached hydrogens (tertiary/aromatic N) is 3. The third kappa shape index (κ3) is 4.83. The van der Waals surface area contributed by atoms with Crippen molar-refractivity contribution in [3.05, 3.63) is 53.2 Å². The van der Waals surface area contributed by atoms with Gasteiger partial charge in [-0.25, -0.2) is 9.97 Å². The lowest BCUT2D eigenvalue weighted by molar-refractivity contribution is 0.220. The molecular formula is C22H30N4S. The molecule has 144 valence electrons. The molecule has 2 aromatic rings. The predicted octanol–water partition coefficient (Wildman–Crippen LogP) is 5.66. The van der Waals surface area contributed by atoms with Crippen molar-refractivity contribution >= 4 is 17.7 Å². The maximum absolute atomic E-state index is 4.65. The molecule has 5 heteroatoms. The monoisotopic (exact) mass is 382 g/mol. The van der Waals surface area contributed by atoms with Crippen molar-refractivity contribution in [3.63, 3.8) is 0 Å². The van der Waals surface area contributed by atoms with Crippen LogP contribution in [0.4, 0.5) is 5.95 Å². The van der Waals surface area contributed by atoms with E-state index in [0.29, 0.717) is 17.4 Å². The van der Waals surface area contributed by atoms with E-state index in [1.54, 1.807) is 0 Å². The zero-order chi connectivity index (χ0) is 19.6. The van der Waals surface area contributed by atoms with Crippen LogP contribution in [0.3, 0.4) is 0 Å². The maximum atomic E-state index is 4.65. The van der Waals surface area contributed by atoms with Crippen LogP contribution in [-0.2, 0) is 6.54 Å². The van der Waals surface area contributed by atoms with E-state index in [-0.39, 0.29) is 5.41 Å². The average Bonchev–Trinajstić information content (AvgIpc) is 3.05. The summed E-state index contributed by atoms with van der Waals surface area (Å²) in [5.41, 5.74) is 4.97. The van der Waals surface area contributed by atoms with Crippen LogP contribution < -0.4 is 5.32 Å². The fourth-order valence-electron chi connectivity index (χ4n) is 3.26. The smallest absolute Gasteiger partial charge is 0.223 e. The molecule has 1 aromatic heterocycles. The Labute approximate surface area is 167 Å². The van der Waals surface area contributed by atoms with Gasteiger partial charge in [0.1, 0.15) is 0 Å². The second-order valence-corrected chi connectivity index (χ2v) is 9.51. The number of benzene rings is 1. The van der Waals surface area contributed by atoms with Crippen molar-refractivity contribution in [2.45, 2.75) is 59.5 Å². The Hall–Kier alpha value is -2.01. The van der Waals surface area contributed by atoms with Crippen LogP contribution >= 0.6 is 11.8 Å². The van der Waals surface area contributed by atoms with Gasteiger partial charge in [0.15, 0.2) is 0 Å². The Balaban J connectivity index is 1.79. The summed E-state index contributed by atoms with van der Waals surface area (Å²) in [5.74, 6) is 0.677. The molecule has 3 rings (SSSR count). The number of hydrogen-bond acceptors (Lipinski definition) is 5. The molecule has 1 N–H and O–H groups in total. The normalized spacial score (nSPS) is 17.0. The van der Waals surface area contributed by atoms with Crippen LogP contribution in [0.15, 0.2) is 42.1 Å². The fraction of sp³-hybridized carbons (Fsp3) is 0.455. The standard InChI is InChI=1S/C22H30N4S/c1-15(2)24-21-23-10-9-19(25-21)17-7-8-18(16(3)13-17)14-26-11-12-27-20(26)22(4,5)6/h7-13,15,20H,14H2,1-6H3,(H,23,24,25). The molecule has 1 aliphatic heterocycles. The first-order valence-corrected chi connectivity index (χ1v) is 10.5. The van der Waals surface area contributed by atoms with Crippen LogP contribution in [-0.4, -0.2) is 26.3 Å². The summed E-state index contributed by atoms with van der Waals surface area (Å²) in [7, 11) is 0. The Morgan fingerprint density at radius 2 is 2.00 bits per heavy atom. The van der Waals surface area contributed by atoms with Crippen molar-refractivity contribution in [3.8, 4) is 11.3 Å². The lowest BCUT2D eigenvalue weighted by atomic mass is 9.95. The lowest BCUT2D eigenvalue weighted by Crippen LogP contribution is -2.35. The molecule has 0 saturated heterocycles. The molecular weight excluding hydrogens is 352 g/mol. The van der Waals surface area contributed by atoms with Crippen molar-refractivity contribution in [2.24, 2.45) is 5.41 Å². The van der Waals surface area contributed by atoms with E-state index in [0.717, 1.165) is 17.8 Å². The van der Waals surface area contributed by atoms with Gasteiger partial charge in [-0.3, -0.25) is 0 Å². The maximum Gasteiger partial charge on any atom is 0.223 e. The molecule has 1 aliphatic rings. The second kappa shape index (κ2) is 7.93. The van der Waals surface area contributed by atoms with Gasteiger partial charge < -0.3 is 10.2 Å². The van der Waals surface area contributed by atoms with Crippen LogP contribution in [0, 0.1) is 12.3 Å². The molecule has 4 nitrogen and oxygen atoms in total. The summed E-state index contributed by atoms with van der Waals surface area (Å²) in [6.07, 6.45) is 4.04. The molecule has 0 spiro atoms. The number of rotatable bonds is 5. The highest BCUT2D eigenvalue weighted by Gasteiger charge is 2.31. The van der Waals surface area contributed by atoms with Gasteiger partial charge >= 0.3 is 0 Å². The first kappa shape index (κ1) is 19.7. The van der Waals surface area contributed by atoms with E-state index >= 15 is 0 Å². The van der Waals surface area contributed by atoms with Gasteiger partial charge in [0, 0.05) is 30.5 Å². The molecule has 0 amide bonds. The van der Waals surface area contributed by atoms with E-state index in [2.05, 4.69) is 91.5 Å². The van der Waals surface area contributed by atoms with Gasteiger partial charge in [-0.15, -0.1) is 11.8 Å². The topological polar surface area (TPSA) is 41.1 Å². The molecule has 27 heavy (non-hydrogen) atoms. The third-order valence-electron chi connectivity index (χ3n) is 4.57. The van der Waals surface area contributed by atoms with E-state index in [1.165, 1.54) is 11.1 Å². The predicted molar refractivity (Wildman–Crippen MR) is 116 cm³/mol. The van der Waals surface area contributed by atoms with E-state index in [9.17, 15) is 0 Å². The van der Waals surface area contributed by atoms with Crippen molar-refractivity contribution in [2.75, 3.05) is 5.32 Å². The third-order valence-corrected chi connectivity index (χ3v) is 6.08. The summed E-state index contributed by atoms with van der Waals surface area (Å²) < 4.78 is 0. The number of thioether (sulfide) groups is 1. The minimum absolute atomic E-state index is 0.239. The molecule has 1 unspecified atom stereocenters. The first-order valence-electron chi connectivity index (χ1n) is 9.51. The minimum atomic E-state index is 0.239. The molecule has 0 bridgehead atoms. The molecule has 0 saturated carbocycles. The van der Waals surface area contributed by atoms with Crippen LogP contribution in [0.1, 0.15) is 45.7 Å². The molecule has 0 aliphatic carbocycles. The van der Waals surface area contributed by atoms with E-state index in [4.69, 9.17) is 0 Å². The summed E-state index contributed by atoms with van der Waals surface area (Å²) in [6.45, 7) is 14.2. The SMILES string of the molecule is Cc1cc(-c2ccnc(NC(C)C)n2)ccc1CN1C=CSC1C(C)(C)C. The Morgan fingerprint density at radius 3 is 2.67 bits per heavy atom. The van der Waals surface area contributed by atoms with Crippen LogP contribution in [0.5, 0.6) is 0 Å². The van der Waals surface area contributed by atoms with Crippen molar-refractivity contribution in [1.29, 1.82) is 0 Å². The van der Waals surface area contributed by atoms with Gasteiger partial charge in [-0.05, 0) is 54.9 Å². The van der Waals surface area contributed by atoms with Gasteiger partial charge in [0.05, 0.1) is 11.1 Å². The molecule has 1 aromatic carbocycles. The van der Waals surface area contributed by atoms with E-state index < -0.39 is 0 Å². The fourth-order valence-corrected chi connectivity index (χ4v) is 4.34. The van der Waals surface area contributed by atoms with Crippen LogP contribution in [0.2, 0.25) is 0 Å². The Morgan fingerprint density at radius 1 is 1.22 bits per heavy atom. The molecule has 1 atom stereocenters. The second-order valence-electron chi connectivity index (χ2n) is 8.52. The van der Waals surface area contributed by atoms with Gasteiger partial charge in [-0.2, -0.15) is 0 Å².